The molecule has 0 radical (unpaired) electrons. The van der Waals surface area contributed by atoms with Crippen LogP contribution >= 0.6 is 0 Å². The Balaban J connectivity index is 1.89. The SMILES string of the molecule is CC#Cc1cnc2occ(C(=O)CC3(C)CC(=O)N(C)C(=N)N3)c2c1. The maximum Gasteiger partial charge on any atom is 0.231 e. The predicted octanol–water partition coefficient (Wildman–Crippen LogP) is 1.92. The molecule has 0 saturated carbocycles. The van der Waals surface area contributed by atoms with E-state index >= 15 is 0 Å². The molecule has 0 bridgehead atoms. The summed E-state index contributed by atoms with van der Waals surface area (Å²) in [6.45, 7) is 3.49. The van der Waals surface area contributed by atoms with Crippen LogP contribution in [-0.4, -0.2) is 40.1 Å². The molecule has 3 heterocycles. The van der Waals surface area contributed by atoms with E-state index in [4.69, 9.17) is 9.83 Å². The third-order valence-electron chi connectivity index (χ3n) is 4.22. The molecule has 0 spiro atoms. The van der Waals surface area contributed by atoms with Crippen LogP contribution in [0, 0.1) is 17.3 Å². The van der Waals surface area contributed by atoms with E-state index in [1.54, 1.807) is 26.1 Å². The molecule has 1 unspecified atom stereocenters. The highest BCUT2D eigenvalue weighted by atomic mass is 16.3. The zero-order valence-electron chi connectivity index (χ0n) is 14.3. The van der Waals surface area contributed by atoms with E-state index in [0.29, 0.717) is 22.2 Å². The number of hydrogen-bond acceptors (Lipinski definition) is 5. The molecule has 2 N–H and O–H groups in total. The van der Waals surface area contributed by atoms with Gasteiger partial charge >= 0.3 is 0 Å². The summed E-state index contributed by atoms with van der Waals surface area (Å²) in [6, 6.07) is 1.77. The van der Waals surface area contributed by atoms with E-state index in [1.165, 1.54) is 18.2 Å². The Kier molecular flexibility index (Phi) is 4.05. The number of pyridine rings is 1. The summed E-state index contributed by atoms with van der Waals surface area (Å²) in [6.07, 6.45) is 3.18. The Labute approximate surface area is 144 Å². The third kappa shape index (κ3) is 3.11. The summed E-state index contributed by atoms with van der Waals surface area (Å²) in [5.74, 6) is 5.32. The molecule has 1 aliphatic rings. The van der Waals surface area contributed by atoms with Crippen molar-refractivity contribution >= 4 is 28.7 Å². The van der Waals surface area contributed by atoms with Gasteiger partial charge in [-0.25, -0.2) is 4.98 Å². The number of ketones is 1. The minimum Gasteiger partial charge on any atom is -0.445 e. The number of Topliss-reactive ketones (excluding diaryl/α,β-unsaturated/α-hetero) is 1. The molecule has 1 aliphatic heterocycles. The van der Waals surface area contributed by atoms with Gasteiger partial charge in [-0.3, -0.25) is 19.9 Å². The fourth-order valence-corrected chi connectivity index (χ4v) is 2.89. The Hall–Kier alpha value is -3.14. The van der Waals surface area contributed by atoms with Crippen LogP contribution in [0.15, 0.2) is 22.9 Å². The molecule has 0 aliphatic carbocycles. The molecule has 1 saturated heterocycles. The molecule has 7 nitrogen and oxygen atoms in total. The predicted molar refractivity (Wildman–Crippen MR) is 92.2 cm³/mol. The first-order valence-corrected chi connectivity index (χ1v) is 7.79. The standard InChI is InChI=1S/C18H18N4O3/c1-4-5-11-6-12-13(10-25-16(12)20-9-11)14(23)7-18(2)8-15(24)22(3)17(19)21-18/h6,9-10H,7-8H2,1-3H3,(H2,19,21). The molecule has 0 aromatic carbocycles. The number of amides is 1. The lowest BCUT2D eigenvalue weighted by Crippen LogP contribution is -2.60. The summed E-state index contributed by atoms with van der Waals surface area (Å²) < 4.78 is 5.37. The maximum absolute atomic E-state index is 12.8. The van der Waals surface area contributed by atoms with Crippen molar-refractivity contribution in [3.63, 3.8) is 0 Å². The number of hydrogen-bond donors (Lipinski definition) is 2. The van der Waals surface area contributed by atoms with Crippen LogP contribution in [-0.2, 0) is 4.79 Å². The minimum absolute atomic E-state index is 0.00854. The Morgan fingerprint density at radius 2 is 2.32 bits per heavy atom. The molecule has 1 fully saturated rings. The monoisotopic (exact) mass is 338 g/mol. The molecule has 2 aromatic heterocycles. The second-order valence-electron chi connectivity index (χ2n) is 6.36. The number of carbonyl (C=O) groups excluding carboxylic acids is 2. The molecule has 1 atom stereocenters. The number of nitrogens with zero attached hydrogens (tertiary/aromatic N) is 2. The van der Waals surface area contributed by atoms with E-state index in [1.807, 2.05) is 0 Å². The summed E-state index contributed by atoms with van der Waals surface area (Å²) in [5.41, 5.74) is 0.667. The van der Waals surface area contributed by atoms with Crippen LogP contribution in [0.1, 0.15) is 42.6 Å². The van der Waals surface area contributed by atoms with E-state index < -0.39 is 5.54 Å². The van der Waals surface area contributed by atoms with Crippen molar-refractivity contribution in [3.8, 4) is 11.8 Å². The van der Waals surface area contributed by atoms with Crippen LogP contribution in [0.3, 0.4) is 0 Å². The number of rotatable bonds is 3. The third-order valence-corrected chi connectivity index (χ3v) is 4.22. The van der Waals surface area contributed by atoms with Gasteiger partial charge in [0.1, 0.15) is 6.26 Å². The van der Waals surface area contributed by atoms with Crippen LogP contribution in [0.25, 0.3) is 11.1 Å². The average Bonchev–Trinajstić information content (AvgIpc) is 2.96. The zero-order valence-corrected chi connectivity index (χ0v) is 14.3. The normalized spacial score (nSPS) is 20.2. The molecule has 128 valence electrons. The number of carbonyl (C=O) groups is 2. The average molecular weight is 338 g/mol. The van der Waals surface area contributed by atoms with Gasteiger partial charge in [0, 0.05) is 25.2 Å². The van der Waals surface area contributed by atoms with Crippen molar-refractivity contribution in [2.45, 2.75) is 32.2 Å². The fourth-order valence-electron chi connectivity index (χ4n) is 2.89. The Bertz CT molecular complexity index is 930. The highest BCUT2D eigenvalue weighted by Crippen LogP contribution is 2.27. The van der Waals surface area contributed by atoms with Gasteiger partial charge in [-0.15, -0.1) is 5.92 Å². The van der Waals surface area contributed by atoms with E-state index in [2.05, 4.69) is 22.1 Å². The molecule has 25 heavy (non-hydrogen) atoms. The second-order valence-corrected chi connectivity index (χ2v) is 6.36. The highest BCUT2D eigenvalue weighted by molar-refractivity contribution is 6.08. The first-order chi connectivity index (χ1) is 11.8. The summed E-state index contributed by atoms with van der Waals surface area (Å²) in [5, 5.41) is 11.4. The molecule has 2 aromatic rings. The van der Waals surface area contributed by atoms with E-state index in [9.17, 15) is 9.59 Å². The van der Waals surface area contributed by atoms with Crippen LogP contribution in [0.5, 0.6) is 0 Å². The van der Waals surface area contributed by atoms with E-state index in [-0.39, 0.29) is 30.5 Å². The van der Waals surface area contributed by atoms with Gasteiger partial charge in [0.2, 0.25) is 11.6 Å². The minimum atomic E-state index is -0.810. The van der Waals surface area contributed by atoms with Crippen molar-refractivity contribution in [3.05, 3.63) is 29.7 Å². The van der Waals surface area contributed by atoms with Crippen LogP contribution < -0.4 is 5.32 Å². The summed E-state index contributed by atoms with van der Waals surface area (Å²) in [4.78, 5) is 30.2. The van der Waals surface area contributed by atoms with Gasteiger partial charge in [-0.1, -0.05) is 5.92 Å². The maximum atomic E-state index is 12.8. The molecular weight excluding hydrogens is 320 g/mol. The Morgan fingerprint density at radius 1 is 1.56 bits per heavy atom. The van der Waals surface area contributed by atoms with Gasteiger partial charge in [-0.2, -0.15) is 0 Å². The van der Waals surface area contributed by atoms with Gasteiger partial charge in [0.15, 0.2) is 11.7 Å². The zero-order chi connectivity index (χ0) is 18.2. The van der Waals surface area contributed by atoms with Crippen molar-refractivity contribution in [1.82, 2.24) is 15.2 Å². The first kappa shape index (κ1) is 16.7. The lowest BCUT2D eigenvalue weighted by molar-refractivity contribution is -0.129. The topological polar surface area (TPSA) is 99.3 Å². The smallest absolute Gasteiger partial charge is 0.231 e. The summed E-state index contributed by atoms with van der Waals surface area (Å²) in [7, 11) is 1.53. The second kappa shape index (κ2) is 6.06. The van der Waals surface area contributed by atoms with E-state index in [0.717, 1.165) is 0 Å². The first-order valence-electron chi connectivity index (χ1n) is 7.79. The van der Waals surface area contributed by atoms with Gasteiger partial charge in [-0.05, 0) is 19.9 Å². The largest absolute Gasteiger partial charge is 0.445 e. The van der Waals surface area contributed by atoms with Gasteiger partial charge in [0.25, 0.3) is 0 Å². The van der Waals surface area contributed by atoms with Crippen LogP contribution in [0.4, 0.5) is 0 Å². The highest BCUT2D eigenvalue weighted by Gasteiger charge is 2.38. The number of furan rings is 1. The number of guanidine groups is 1. The summed E-state index contributed by atoms with van der Waals surface area (Å²) >= 11 is 0. The number of fused-ring (bicyclic) bond motifs is 1. The van der Waals surface area contributed by atoms with Gasteiger partial charge in [0.05, 0.1) is 22.9 Å². The molecule has 1 amide bonds. The fraction of sp³-hybridized carbons (Fsp3) is 0.333. The lowest BCUT2D eigenvalue weighted by Gasteiger charge is -2.38. The number of nitrogens with one attached hydrogen (secondary N) is 2. The van der Waals surface area contributed by atoms with Gasteiger partial charge < -0.3 is 9.73 Å². The quantitative estimate of drug-likeness (QED) is 0.658. The molecular formula is C18H18N4O3. The molecule has 7 heteroatoms. The van der Waals surface area contributed by atoms with Crippen LogP contribution in [0.2, 0.25) is 0 Å². The molecule has 3 rings (SSSR count). The lowest BCUT2D eigenvalue weighted by atomic mass is 9.87. The Morgan fingerprint density at radius 3 is 3.00 bits per heavy atom. The van der Waals surface area contributed by atoms with Crippen molar-refractivity contribution in [2.75, 3.05) is 7.05 Å². The number of aromatic nitrogens is 1. The van der Waals surface area contributed by atoms with Crippen molar-refractivity contribution < 1.29 is 14.0 Å². The van der Waals surface area contributed by atoms with Crippen molar-refractivity contribution in [1.29, 1.82) is 5.41 Å². The van der Waals surface area contributed by atoms with Crippen molar-refractivity contribution in [2.24, 2.45) is 0 Å².